The van der Waals surface area contributed by atoms with Crippen LogP contribution in [0.1, 0.15) is 48.3 Å². The van der Waals surface area contributed by atoms with Gasteiger partial charge < -0.3 is 0 Å². The van der Waals surface area contributed by atoms with Crippen LogP contribution in [0.15, 0.2) is 91.0 Å². The first kappa shape index (κ1) is 19.3. The Morgan fingerprint density at radius 1 is 0.719 bits per heavy atom. The van der Waals surface area contributed by atoms with Crippen molar-refractivity contribution in [2.75, 3.05) is 0 Å². The van der Waals surface area contributed by atoms with Crippen LogP contribution < -0.4 is 0 Å². The van der Waals surface area contributed by atoms with E-state index < -0.39 is 0 Å². The molecular weight excluding hydrogens is 388 g/mol. The largest absolute Gasteiger partial charge is 0.299 e. The van der Waals surface area contributed by atoms with Gasteiger partial charge in [-0.2, -0.15) is 0 Å². The third-order valence-electron chi connectivity index (χ3n) is 7.41. The van der Waals surface area contributed by atoms with E-state index in [0.717, 1.165) is 19.3 Å². The minimum atomic E-state index is -0.113. The lowest BCUT2D eigenvalue weighted by atomic mass is 9.70. The fraction of sp³-hybridized carbons (Fsp3) is 0.194. The highest BCUT2D eigenvalue weighted by molar-refractivity contribution is 6.09. The van der Waals surface area contributed by atoms with Crippen LogP contribution in [0.25, 0.3) is 32.3 Å². The van der Waals surface area contributed by atoms with E-state index in [1.54, 1.807) is 6.92 Å². The number of hydrogen-bond acceptors (Lipinski definition) is 1. The van der Waals surface area contributed by atoms with Crippen LogP contribution in [0, 0.1) is 0 Å². The third-order valence-corrected chi connectivity index (χ3v) is 7.41. The fourth-order valence-electron chi connectivity index (χ4n) is 6.04. The zero-order valence-corrected chi connectivity index (χ0v) is 18.3. The second-order valence-electron chi connectivity index (χ2n) is 9.17. The molecule has 0 saturated heterocycles. The van der Waals surface area contributed by atoms with E-state index in [0.29, 0.717) is 0 Å². The number of carbonyl (C=O) groups is 1. The summed E-state index contributed by atoms with van der Waals surface area (Å²) in [5.41, 5.74) is 3.98. The highest BCUT2D eigenvalue weighted by Crippen LogP contribution is 2.46. The van der Waals surface area contributed by atoms with E-state index in [1.807, 2.05) is 0 Å². The molecule has 0 fully saturated rings. The zero-order valence-electron chi connectivity index (χ0n) is 18.3. The van der Waals surface area contributed by atoms with Crippen LogP contribution in [-0.2, 0) is 11.2 Å². The lowest BCUT2D eigenvalue weighted by Crippen LogP contribution is -2.23. The van der Waals surface area contributed by atoms with Crippen LogP contribution >= 0.6 is 0 Å². The Bertz CT molecular complexity index is 1490. The van der Waals surface area contributed by atoms with Gasteiger partial charge in [0.25, 0.3) is 0 Å². The molecule has 2 unspecified atom stereocenters. The molecule has 0 amide bonds. The zero-order chi connectivity index (χ0) is 21.7. The molecule has 156 valence electrons. The number of rotatable bonds is 3. The first-order valence-corrected chi connectivity index (χ1v) is 11.6. The van der Waals surface area contributed by atoms with Crippen LogP contribution in [0.2, 0.25) is 0 Å². The van der Waals surface area contributed by atoms with Gasteiger partial charge in [-0.3, -0.25) is 4.79 Å². The standard InChI is InChI=1S/C31H26O/c1-20(32)31(29-14-6-10-21-8-2-5-12-24(21)29)30-15-7-13-25-27-17-16-22-9-3-4-11-23(22)26(27)18-19-28(25)30/h2-6,8-12,14,16-19,30-31H,7,13,15H2,1H3. The van der Waals surface area contributed by atoms with Crippen molar-refractivity contribution in [2.24, 2.45) is 0 Å². The molecular formula is C31H26O. The molecule has 0 spiro atoms. The van der Waals surface area contributed by atoms with Crippen molar-refractivity contribution in [3.63, 3.8) is 0 Å². The summed E-state index contributed by atoms with van der Waals surface area (Å²) in [5, 5.41) is 7.68. The Morgan fingerprint density at radius 3 is 2.22 bits per heavy atom. The summed E-state index contributed by atoms with van der Waals surface area (Å²) >= 11 is 0. The van der Waals surface area contributed by atoms with Crippen LogP contribution in [0.3, 0.4) is 0 Å². The predicted octanol–water partition coefficient (Wildman–Crippen LogP) is 7.94. The monoisotopic (exact) mass is 414 g/mol. The van der Waals surface area contributed by atoms with Crippen LogP contribution in [-0.4, -0.2) is 5.78 Å². The maximum atomic E-state index is 13.1. The van der Waals surface area contributed by atoms with Gasteiger partial charge >= 0.3 is 0 Å². The van der Waals surface area contributed by atoms with Crippen molar-refractivity contribution >= 4 is 38.1 Å². The molecule has 1 aliphatic carbocycles. The normalized spacial score (nSPS) is 16.8. The van der Waals surface area contributed by atoms with Crippen LogP contribution in [0.5, 0.6) is 0 Å². The molecule has 0 N–H and O–H groups in total. The van der Waals surface area contributed by atoms with Crippen molar-refractivity contribution in [3.8, 4) is 0 Å². The molecule has 6 rings (SSSR count). The number of carbonyl (C=O) groups excluding carboxylic acids is 1. The summed E-state index contributed by atoms with van der Waals surface area (Å²) in [4.78, 5) is 13.1. The first-order valence-electron chi connectivity index (χ1n) is 11.6. The quantitative estimate of drug-likeness (QED) is 0.274. The molecule has 2 atom stereocenters. The van der Waals surface area contributed by atoms with Gasteiger partial charge in [0.05, 0.1) is 0 Å². The minimum Gasteiger partial charge on any atom is -0.299 e. The lowest BCUT2D eigenvalue weighted by molar-refractivity contribution is -0.119. The average molecular weight is 415 g/mol. The van der Waals surface area contributed by atoms with Crippen LogP contribution in [0.4, 0.5) is 0 Å². The molecule has 1 nitrogen and oxygen atoms in total. The van der Waals surface area contributed by atoms with Gasteiger partial charge in [0.15, 0.2) is 0 Å². The van der Waals surface area contributed by atoms with Crippen molar-refractivity contribution in [3.05, 3.63) is 108 Å². The van der Waals surface area contributed by atoms with Gasteiger partial charge in [-0.05, 0) is 81.1 Å². The number of Topliss-reactive ketones (excluding diaryl/α,β-unsaturated/α-hetero) is 1. The molecule has 0 saturated carbocycles. The van der Waals surface area contributed by atoms with E-state index in [9.17, 15) is 4.79 Å². The number of hydrogen-bond donors (Lipinski definition) is 0. The Hall–Kier alpha value is -3.45. The summed E-state index contributed by atoms with van der Waals surface area (Å²) in [6.07, 6.45) is 3.26. The number of ketones is 1. The minimum absolute atomic E-state index is 0.113. The van der Waals surface area contributed by atoms with Crippen molar-refractivity contribution in [1.29, 1.82) is 0 Å². The third kappa shape index (κ3) is 2.96. The van der Waals surface area contributed by atoms with Crippen molar-refractivity contribution in [2.45, 2.75) is 38.0 Å². The predicted molar refractivity (Wildman–Crippen MR) is 135 cm³/mol. The fourth-order valence-corrected chi connectivity index (χ4v) is 6.04. The first-order chi connectivity index (χ1) is 15.7. The summed E-state index contributed by atoms with van der Waals surface area (Å²) in [7, 11) is 0. The Labute approximate surface area is 188 Å². The molecule has 0 bridgehead atoms. The molecule has 0 heterocycles. The molecule has 1 aliphatic rings. The van der Waals surface area contributed by atoms with Crippen molar-refractivity contribution < 1.29 is 4.79 Å². The van der Waals surface area contributed by atoms with E-state index in [-0.39, 0.29) is 17.6 Å². The van der Waals surface area contributed by atoms with Gasteiger partial charge in [-0.15, -0.1) is 0 Å². The lowest BCUT2D eigenvalue weighted by Gasteiger charge is -2.33. The molecule has 32 heavy (non-hydrogen) atoms. The van der Waals surface area contributed by atoms with Gasteiger partial charge in [0, 0.05) is 5.92 Å². The number of aryl methyl sites for hydroxylation is 1. The Kier molecular flexibility index (Phi) is 4.57. The number of benzene rings is 5. The van der Waals surface area contributed by atoms with E-state index >= 15 is 0 Å². The summed E-state index contributed by atoms with van der Waals surface area (Å²) < 4.78 is 0. The SMILES string of the molecule is CC(=O)C(c1cccc2ccccc12)C1CCCc2c1ccc1c2ccc2ccccc21. The highest BCUT2D eigenvalue weighted by Gasteiger charge is 2.33. The van der Waals surface area contributed by atoms with Gasteiger partial charge in [0.2, 0.25) is 0 Å². The van der Waals surface area contributed by atoms with E-state index in [2.05, 4.69) is 91.0 Å². The summed E-state index contributed by atoms with van der Waals surface area (Å²) in [6, 6.07) is 32.6. The smallest absolute Gasteiger partial charge is 0.137 e. The summed E-state index contributed by atoms with van der Waals surface area (Å²) in [6.45, 7) is 1.77. The highest BCUT2D eigenvalue weighted by atomic mass is 16.1. The van der Waals surface area contributed by atoms with Gasteiger partial charge in [-0.25, -0.2) is 0 Å². The maximum absolute atomic E-state index is 13.1. The average Bonchev–Trinajstić information content (AvgIpc) is 2.84. The van der Waals surface area contributed by atoms with E-state index in [4.69, 9.17) is 0 Å². The molecule has 0 aromatic heterocycles. The molecule has 0 aliphatic heterocycles. The second-order valence-corrected chi connectivity index (χ2v) is 9.17. The Morgan fingerprint density at radius 2 is 1.41 bits per heavy atom. The van der Waals surface area contributed by atoms with Gasteiger partial charge in [-0.1, -0.05) is 91.0 Å². The maximum Gasteiger partial charge on any atom is 0.137 e. The van der Waals surface area contributed by atoms with Gasteiger partial charge in [0.1, 0.15) is 5.78 Å². The summed E-state index contributed by atoms with van der Waals surface area (Å²) in [5.74, 6) is 0.369. The number of fused-ring (bicyclic) bond motifs is 6. The molecule has 5 aromatic carbocycles. The topological polar surface area (TPSA) is 17.1 Å². The molecule has 1 heteroatoms. The van der Waals surface area contributed by atoms with Crippen molar-refractivity contribution in [1.82, 2.24) is 0 Å². The van der Waals surface area contributed by atoms with E-state index in [1.165, 1.54) is 49.0 Å². The molecule has 5 aromatic rings. The Balaban J connectivity index is 1.56. The molecule has 0 radical (unpaired) electrons. The second kappa shape index (κ2) is 7.60.